The van der Waals surface area contributed by atoms with Crippen LogP contribution in [-0.2, 0) is 16.4 Å². The van der Waals surface area contributed by atoms with Gasteiger partial charge in [-0.15, -0.1) is 11.3 Å². The molecule has 0 radical (unpaired) electrons. The van der Waals surface area contributed by atoms with Crippen molar-refractivity contribution in [3.05, 3.63) is 71.6 Å². The van der Waals surface area contributed by atoms with Crippen LogP contribution in [0.5, 0.6) is 5.75 Å². The molecule has 2 N–H and O–H groups in total. The third-order valence-electron chi connectivity index (χ3n) is 3.81. The number of hydrogen-bond acceptors (Lipinski definition) is 5. The van der Waals surface area contributed by atoms with Crippen LogP contribution in [0.1, 0.15) is 5.56 Å². The Kier molecular flexibility index (Phi) is 5.80. The summed E-state index contributed by atoms with van der Waals surface area (Å²) < 4.78 is 32.7. The smallest absolute Gasteiger partial charge is 0.271 e. The summed E-state index contributed by atoms with van der Waals surface area (Å²) in [6, 6.07) is 18.4. The quantitative estimate of drug-likeness (QED) is 0.606. The van der Waals surface area contributed by atoms with E-state index >= 15 is 0 Å². The zero-order valence-electron chi connectivity index (χ0n) is 14.3. The molecule has 0 unspecified atom stereocenters. The fourth-order valence-corrected chi connectivity index (χ4v) is 4.58. The minimum atomic E-state index is -3.51. The molecule has 0 aliphatic carbocycles. The molecule has 0 saturated carbocycles. The fourth-order valence-electron chi connectivity index (χ4n) is 2.53. The zero-order valence-corrected chi connectivity index (χ0v) is 15.9. The first kappa shape index (κ1) is 18.3. The maximum atomic E-state index is 12.2. The second-order valence-corrected chi connectivity index (χ2v) is 8.46. The molecule has 7 heteroatoms. The van der Waals surface area contributed by atoms with Gasteiger partial charge in [-0.25, -0.2) is 8.42 Å². The van der Waals surface area contributed by atoms with Crippen molar-refractivity contribution >= 4 is 32.7 Å². The normalized spacial score (nSPS) is 11.1. The summed E-state index contributed by atoms with van der Waals surface area (Å²) in [5.74, 6) is 0.882. The van der Waals surface area contributed by atoms with Crippen LogP contribution >= 0.6 is 11.3 Å². The van der Waals surface area contributed by atoms with Gasteiger partial charge in [-0.2, -0.15) is 0 Å². The van der Waals surface area contributed by atoms with E-state index in [4.69, 9.17) is 4.74 Å². The van der Waals surface area contributed by atoms with Crippen LogP contribution < -0.4 is 14.8 Å². The number of sulfonamides is 1. The largest absolute Gasteiger partial charge is 0.496 e. The molecule has 3 rings (SSSR count). The Morgan fingerprint density at radius 2 is 1.69 bits per heavy atom. The van der Waals surface area contributed by atoms with E-state index in [-0.39, 0.29) is 0 Å². The van der Waals surface area contributed by atoms with Gasteiger partial charge in [-0.1, -0.05) is 24.3 Å². The summed E-state index contributed by atoms with van der Waals surface area (Å²) in [6.45, 7) is 0.751. The highest BCUT2D eigenvalue weighted by molar-refractivity contribution is 7.94. The van der Waals surface area contributed by atoms with E-state index < -0.39 is 10.0 Å². The van der Waals surface area contributed by atoms with Gasteiger partial charge >= 0.3 is 0 Å². The minimum Gasteiger partial charge on any atom is -0.496 e. The number of hydrogen-bond donors (Lipinski definition) is 2. The highest BCUT2D eigenvalue weighted by Gasteiger charge is 2.14. The fraction of sp³-hybridized carbons (Fsp3) is 0.158. The number of nitrogens with one attached hydrogen (secondary N) is 2. The molecule has 0 bridgehead atoms. The lowest BCUT2D eigenvalue weighted by atomic mass is 10.1. The Balaban J connectivity index is 1.56. The van der Waals surface area contributed by atoms with Crippen LogP contribution in [0, 0.1) is 0 Å². The predicted octanol–water partition coefficient (Wildman–Crippen LogP) is 4.21. The Morgan fingerprint density at radius 1 is 0.962 bits per heavy atom. The van der Waals surface area contributed by atoms with E-state index in [0.717, 1.165) is 30.0 Å². The monoisotopic (exact) mass is 388 g/mol. The standard InChI is InChI=1S/C19H20N2O3S2/c1-24-18-6-3-2-5-15(18)12-13-20-16-8-10-17(11-9-16)21-26(22,23)19-7-4-14-25-19/h2-11,14,20-21H,12-13H2,1H3. The molecule has 3 aromatic rings. The molecule has 0 amide bonds. The molecular weight excluding hydrogens is 368 g/mol. The first-order chi connectivity index (χ1) is 12.6. The van der Waals surface area contributed by atoms with Crippen LogP contribution in [0.3, 0.4) is 0 Å². The summed E-state index contributed by atoms with van der Waals surface area (Å²) in [5.41, 5.74) is 2.61. The molecule has 0 spiro atoms. The van der Waals surface area contributed by atoms with Gasteiger partial charge in [0, 0.05) is 17.9 Å². The lowest BCUT2D eigenvalue weighted by molar-refractivity contribution is 0.410. The Bertz CT molecular complexity index is 937. The molecule has 0 saturated heterocycles. The first-order valence-corrected chi connectivity index (χ1v) is 10.5. The number of para-hydroxylation sites is 1. The van der Waals surface area contributed by atoms with Crippen molar-refractivity contribution in [1.29, 1.82) is 0 Å². The highest BCUT2D eigenvalue weighted by Crippen LogP contribution is 2.22. The number of ether oxygens (including phenoxy) is 1. The van der Waals surface area contributed by atoms with Crippen molar-refractivity contribution in [1.82, 2.24) is 0 Å². The van der Waals surface area contributed by atoms with Crippen LogP contribution in [0.4, 0.5) is 11.4 Å². The van der Waals surface area contributed by atoms with Crippen LogP contribution in [0.2, 0.25) is 0 Å². The predicted molar refractivity (Wildman–Crippen MR) is 107 cm³/mol. The van der Waals surface area contributed by atoms with Gasteiger partial charge in [-0.3, -0.25) is 4.72 Å². The summed E-state index contributed by atoms with van der Waals surface area (Å²) in [4.78, 5) is 0. The maximum Gasteiger partial charge on any atom is 0.271 e. The second-order valence-electron chi connectivity index (χ2n) is 5.60. The van der Waals surface area contributed by atoms with Crippen molar-refractivity contribution in [3.63, 3.8) is 0 Å². The van der Waals surface area contributed by atoms with Crippen LogP contribution in [-0.4, -0.2) is 22.1 Å². The Hall–Kier alpha value is -2.51. The molecule has 5 nitrogen and oxygen atoms in total. The van der Waals surface area contributed by atoms with Gasteiger partial charge in [-0.05, 0) is 53.8 Å². The van der Waals surface area contributed by atoms with Gasteiger partial charge in [0.2, 0.25) is 0 Å². The topological polar surface area (TPSA) is 67.4 Å². The van der Waals surface area contributed by atoms with Crippen molar-refractivity contribution < 1.29 is 13.2 Å². The molecule has 0 fully saturated rings. The Morgan fingerprint density at radius 3 is 2.38 bits per heavy atom. The van der Waals surface area contributed by atoms with E-state index in [0.29, 0.717) is 9.90 Å². The lowest BCUT2D eigenvalue weighted by Crippen LogP contribution is -2.11. The van der Waals surface area contributed by atoms with Gasteiger partial charge in [0.1, 0.15) is 9.96 Å². The number of anilines is 2. The van der Waals surface area contributed by atoms with Gasteiger partial charge in [0.25, 0.3) is 10.0 Å². The average molecular weight is 389 g/mol. The molecule has 2 aromatic carbocycles. The molecular formula is C19H20N2O3S2. The van der Waals surface area contributed by atoms with E-state index in [1.165, 1.54) is 11.3 Å². The Labute approximate surface area is 157 Å². The van der Waals surface area contributed by atoms with Gasteiger partial charge < -0.3 is 10.1 Å². The summed E-state index contributed by atoms with van der Waals surface area (Å²) in [6.07, 6.45) is 0.830. The van der Waals surface area contributed by atoms with Gasteiger partial charge in [0.15, 0.2) is 0 Å². The third kappa shape index (κ3) is 4.56. The van der Waals surface area contributed by atoms with E-state index in [1.54, 1.807) is 36.8 Å². The molecule has 136 valence electrons. The molecule has 26 heavy (non-hydrogen) atoms. The zero-order chi connectivity index (χ0) is 18.4. The van der Waals surface area contributed by atoms with Crippen molar-refractivity contribution in [3.8, 4) is 5.75 Å². The number of thiophene rings is 1. The SMILES string of the molecule is COc1ccccc1CCNc1ccc(NS(=O)(=O)c2cccs2)cc1. The van der Waals surface area contributed by atoms with E-state index in [1.807, 2.05) is 36.4 Å². The van der Waals surface area contributed by atoms with Gasteiger partial charge in [0.05, 0.1) is 7.11 Å². The maximum absolute atomic E-state index is 12.2. The molecule has 1 heterocycles. The number of methoxy groups -OCH3 is 1. The van der Waals surface area contributed by atoms with Crippen LogP contribution in [0.25, 0.3) is 0 Å². The lowest BCUT2D eigenvalue weighted by Gasteiger charge is -2.11. The van der Waals surface area contributed by atoms with E-state index in [2.05, 4.69) is 10.0 Å². The van der Waals surface area contributed by atoms with E-state index in [9.17, 15) is 8.42 Å². The minimum absolute atomic E-state index is 0.302. The van der Waals surface area contributed by atoms with Crippen molar-refractivity contribution in [2.75, 3.05) is 23.7 Å². The van der Waals surface area contributed by atoms with Crippen LogP contribution in [0.15, 0.2) is 70.3 Å². The second kappa shape index (κ2) is 8.25. The molecule has 1 aromatic heterocycles. The summed E-state index contributed by atoms with van der Waals surface area (Å²) in [5, 5.41) is 5.07. The van der Waals surface area contributed by atoms with Crippen molar-refractivity contribution in [2.24, 2.45) is 0 Å². The summed E-state index contributed by atoms with van der Waals surface area (Å²) >= 11 is 1.19. The molecule has 0 aliphatic rings. The number of benzene rings is 2. The molecule has 0 aliphatic heterocycles. The average Bonchev–Trinajstić information content (AvgIpc) is 3.19. The van der Waals surface area contributed by atoms with Crippen molar-refractivity contribution in [2.45, 2.75) is 10.6 Å². The number of rotatable bonds is 8. The molecule has 0 atom stereocenters. The summed E-state index contributed by atoms with van der Waals surface area (Å²) in [7, 11) is -1.84. The highest BCUT2D eigenvalue weighted by atomic mass is 32.2. The first-order valence-electron chi connectivity index (χ1n) is 8.10. The third-order valence-corrected chi connectivity index (χ3v) is 6.59.